The zero-order valence-corrected chi connectivity index (χ0v) is 8.19. The highest BCUT2D eigenvalue weighted by Crippen LogP contribution is 2.29. The van der Waals surface area contributed by atoms with E-state index in [1.54, 1.807) is 0 Å². The van der Waals surface area contributed by atoms with Crippen molar-refractivity contribution in [1.29, 1.82) is 0 Å². The van der Waals surface area contributed by atoms with Gasteiger partial charge in [0.25, 0.3) is 12.3 Å². The van der Waals surface area contributed by atoms with Crippen LogP contribution in [-0.2, 0) is 0 Å². The number of aromatic nitrogens is 1. The normalized spacial score (nSPS) is 10.6. The first kappa shape index (κ1) is 11.0. The quantitative estimate of drug-likeness (QED) is 0.835. The zero-order valence-electron chi connectivity index (χ0n) is 6.60. The van der Waals surface area contributed by atoms with Crippen molar-refractivity contribution in [3.8, 4) is 0 Å². The largest absolute Gasteiger partial charge is 0.365 e. The molecule has 76 valence electrons. The lowest BCUT2D eigenvalue weighted by Gasteiger charge is -2.06. The van der Waals surface area contributed by atoms with Gasteiger partial charge in [0, 0.05) is 6.20 Å². The molecule has 0 saturated heterocycles. The van der Waals surface area contributed by atoms with E-state index in [0.29, 0.717) is 0 Å². The van der Waals surface area contributed by atoms with Crippen LogP contribution in [0, 0.1) is 5.82 Å². The van der Waals surface area contributed by atoms with E-state index in [9.17, 15) is 18.0 Å². The molecule has 2 N–H and O–H groups in total. The van der Waals surface area contributed by atoms with Gasteiger partial charge in [0.2, 0.25) is 0 Å². The molecule has 0 saturated carbocycles. The molecule has 0 spiro atoms. The molecule has 1 amide bonds. The first-order chi connectivity index (χ1) is 6.45. The summed E-state index contributed by atoms with van der Waals surface area (Å²) in [5.41, 5.74) is 3.15. The fourth-order valence-electron chi connectivity index (χ4n) is 0.841. The maximum absolute atomic E-state index is 13.2. The maximum atomic E-state index is 13.2. The molecule has 0 radical (unpaired) electrons. The molecule has 0 fully saturated rings. The van der Waals surface area contributed by atoms with E-state index in [4.69, 9.17) is 5.73 Å². The second-order valence-electron chi connectivity index (χ2n) is 2.36. The van der Waals surface area contributed by atoms with Crippen LogP contribution in [0.1, 0.15) is 22.3 Å². The minimum atomic E-state index is -3.06. The minimum absolute atomic E-state index is 0.338. The summed E-state index contributed by atoms with van der Waals surface area (Å²) in [6.45, 7) is 0. The molecule has 0 aliphatic heterocycles. The van der Waals surface area contributed by atoms with Crippen molar-refractivity contribution in [2.24, 2.45) is 5.73 Å². The number of carbonyl (C=O) groups excluding carboxylic acids is 1. The molecule has 14 heavy (non-hydrogen) atoms. The van der Waals surface area contributed by atoms with Crippen molar-refractivity contribution in [3.63, 3.8) is 0 Å². The average molecular weight is 269 g/mol. The summed E-state index contributed by atoms with van der Waals surface area (Å²) >= 11 is 2.65. The molecular weight excluding hydrogens is 265 g/mol. The highest BCUT2D eigenvalue weighted by molar-refractivity contribution is 9.10. The van der Waals surface area contributed by atoms with Crippen LogP contribution in [0.4, 0.5) is 13.2 Å². The third kappa shape index (κ3) is 1.87. The number of pyridine rings is 1. The van der Waals surface area contributed by atoms with Gasteiger partial charge in [-0.25, -0.2) is 18.2 Å². The Kier molecular flexibility index (Phi) is 3.10. The van der Waals surface area contributed by atoms with Crippen LogP contribution in [0.2, 0.25) is 0 Å². The van der Waals surface area contributed by atoms with E-state index in [1.165, 1.54) is 0 Å². The average Bonchev–Trinajstić information content (AvgIpc) is 2.02. The Balaban J connectivity index is 3.41. The van der Waals surface area contributed by atoms with E-state index in [-0.39, 0.29) is 4.60 Å². The van der Waals surface area contributed by atoms with Gasteiger partial charge in [0.1, 0.15) is 10.4 Å². The lowest BCUT2D eigenvalue weighted by Crippen LogP contribution is -2.15. The van der Waals surface area contributed by atoms with E-state index >= 15 is 0 Å². The number of rotatable bonds is 2. The van der Waals surface area contributed by atoms with Crippen molar-refractivity contribution >= 4 is 21.8 Å². The Labute approximate surface area is 85.2 Å². The van der Waals surface area contributed by atoms with Crippen LogP contribution in [0.5, 0.6) is 0 Å². The molecule has 0 unspecified atom stereocenters. The molecule has 0 aromatic carbocycles. The highest BCUT2D eigenvalue weighted by atomic mass is 79.9. The summed E-state index contributed by atoms with van der Waals surface area (Å²) in [6, 6.07) is 0. The number of alkyl halides is 2. The number of carbonyl (C=O) groups is 1. The van der Waals surface area contributed by atoms with Crippen molar-refractivity contribution in [3.05, 3.63) is 27.7 Å². The first-order valence-electron chi connectivity index (χ1n) is 3.37. The summed E-state index contributed by atoms with van der Waals surface area (Å²) in [4.78, 5) is 14.0. The van der Waals surface area contributed by atoms with Gasteiger partial charge in [-0.1, -0.05) is 0 Å². The summed E-state index contributed by atoms with van der Waals surface area (Å²) < 4.78 is 37.4. The number of nitrogens with two attached hydrogens (primary N) is 1. The second kappa shape index (κ2) is 3.95. The summed E-state index contributed by atoms with van der Waals surface area (Å²) in [5, 5.41) is 0. The monoisotopic (exact) mass is 268 g/mol. The van der Waals surface area contributed by atoms with Crippen LogP contribution < -0.4 is 5.73 Å². The van der Waals surface area contributed by atoms with Crippen LogP contribution in [0.25, 0.3) is 0 Å². The lowest BCUT2D eigenvalue weighted by atomic mass is 10.2. The molecule has 1 rings (SSSR count). The number of amides is 1. The number of halogens is 4. The van der Waals surface area contributed by atoms with Gasteiger partial charge in [0.05, 0.1) is 11.1 Å². The topological polar surface area (TPSA) is 56.0 Å². The SMILES string of the molecule is NC(=O)c1cnc(Br)c(C(F)F)c1F. The van der Waals surface area contributed by atoms with Gasteiger partial charge >= 0.3 is 0 Å². The number of nitrogens with zero attached hydrogens (tertiary/aromatic N) is 1. The van der Waals surface area contributed by atoms with E-state index < -0.39 is 29.3 Å². The Morgan fingerprint density at radius 2 is 2.14 bits per heavy atom. The molecular formula is C7H4BrF3N2O. The molecule has 1 heterocycles. The van der Waals surface area contributed by atoms with Crippen LogP contribution >= 0.6 is 15.9 Å². The van der Waals surface area contributed by atoms with E-state index in [1.807, 2.05) is 0 Å². The molecule has 3 nitrogen and oxygen atoms in total. The van der Waals surface area contributed by atoms with Crippen molar-refractivity contribution in [1.82, 2.24) is 4.98 Å². The Bertz CT molecular complexity index is 383. The van der Waals surface area contributed by atoms with Gasteiger partial charge in [-0.2, -0.15) is 0 Å². The summed E-state index contributed by atoms with van der Waals surface area (Å²) in [6.07, 6.45) is -2.26. The van der Waals surface area contributed by atoms with Crippen molar-refractivity contribution in [2.75, 3.05) is 0 Å². The van der Waals surface area contributed by atoms with Crippen molar-refractivity contribution in [2.45, 2.75) is 6.43 Å². The molecule has 0 bridgehead atoms. The van der Waals surface area contributed by atoms with Crippen LogP contribution in [-0.4, -0.2) is 10.9 Å². The number of primary amides is 1. The standard InChI is InChI=1S/C7H4BrF3N2O/c8-5-3(6(10)11)4(9)2(1-13-5)7(12)14/h1,6H,(H2,12,14). The molecule has 0 aliphatic carbocycles. The van der Waals surface area contributed by atoms with Crippen LogP contribution in [0.3, 0.4) is 0 Å². The first-order valence-corrected chi connectivity index (χ1v) is 4.16. The van der Waals surface area contributed by atoms with Gasteiger partial charge in [0.15, 0.2) is 0 Å². The Hall–Kier alpha value is -1.11. The smallest absolute Gasteiger partial charge is 0.269 e. The molecule has 7 heteroatoms. The predicted octanol–water partition coefficient (Wildman–Crippen LogP) is 2.02. The molecule has 0 aliphatic rings. The summed E-state index contributed by atoms with van der Waals surface area (Å²) in [7, 11) is 0. The predicted molar refractivity (Wildman–Crippen MR) is 45.4 cm³/mol. The molecule has 1 aromatic heterocycles. The maximum Gasteiger partial charge on any atom is 0.269 e. The molecule has 1 aromatic rings. The highest BCUT2D eigenvalue weighted by Gasteiger charge is 2.23. The Morgan fingerprint density at radius 1 is 1.57 bits per heavy atom. The Morgan fingerprint density at radius 3 is 2.57 bits per heavy atom. The fraction of sp³-hybridized carbons (Fsp3) is 0.143. The van der Waals surface area contributed by atoms with Gasteiger partial charge in [-0.05, 0) is 15.9 Å². The fourth-order valence-corrected chi connectivity index (χ4v) is 1.29. The van der Waals surface area contributed by atoms with Gasteiger partial charge < -0.3 is 5.73 Å². The van der Waals surface area contributed by atoms with Crippen LogP contribution in [0.15, 0.2) is 10.8 Å². The van der Waals surface area contributed by atoms with Gasteiger partial charge in [-0.3, -0.25) is 4.79 Å². The molecule has 0 atom stereocenters. The third-order valence-electron chi connectivity index (χ3n) is 1.49. The number of hydrogen-bond donors (Lipinski definition) is 1. The van der Waals surface area contributed by atoms with Gasteiger partial charge in [-0.15, -0.1) is 0 Å². The minimum Gasteiger partial charge on any atom is -0.365 e. The summed E-state index contributed by atoms with van der Waals surface area (Å²) in [5.74, 6) is -2.47. The second-order valence-corrected chi connectivity index (χ2v) is 3.11. The van der Waals surface area contributed by atoms with E-state index in [2.05, 4.69) is 20.9 Å². The lowest BCUT2D eigenvalue weighted by molar-refractivity contribution is 0.0994. The van der Waals surface area contributed by atoms with Crippen molar-refractivity contribution < 1.29 is 18.0 Å². The third-order valence-corrected chi connectivity index (χ3v) is 2.12. The van der Waals surface area contributed by atoms with E-state index in [0.717, 1.165) is 6.20 Å². The number of hydrogen-bond acceptors (Lipinski definition) is 2. The zero-order chi connectivity index (χ0) is 10.9.